The third-order valence-corrected chi connectivity index (χ3v) is 5.27. The normalized spacial score (nSPS) is 35.0. The van der Waals surface area contributed by atoms with Gasteiger partial charge >= 0.3 is 0 Å². The second kappa shape index (κ2) is 6.34. The topological polar surface area (TPSA) is 58.6 Å². The predicted molar refractivity (Wildman–Crippen MR) is 80.7 cm³/mol. The molecule has 2 aliphatic heterocycles. The van der Waals surface area contributed by atoms with E-state index in [2.05, 4.69) is 5.32 Å². The summed E-state index contributed by atoms with van der Waals surface area (Å²) in [5.41, 5.74) is -0.733. The molecule has 2 amide bonds. The van der Waals surface area contributed by atoms with Crippen molar-refractivity contribution in [2.45, 2.75) is 58.5 Å². The van der Waals surface area contributed by atoms with Crippen LogP contribution in [0.25, 0.3) is 0 Å². The Kier molecular flexibility index (Phi) is 4.91. The number of carbonyl (C=O) groups is 2. The number of amides is 2. The average molecular weight is 296 g/mol. The smallest absolute Gasteiger partial charge is 0.246 e. The predicted octanol–water partition coefficient (Wildman–Crippen LogP) is 1.56. The van der Waals surface area contributed by atoms with Gasteiger partial charge in [0.1, 0.15) is 11.6 Å². The summed E-state index contributed by atoms with van der Waals surface area (Å²) in [5.74, 6) is 0.558. The van der Waals surface area contributed by atoms with Gasteiger partial charge in [0.25, 0.3) is 0 Å². The van der Waals surface area contributed by atoms with E-state index in [1.54, 1.807) is 0 Å². The molecule has 0 spiro atoms. The van der Waals surface area contributed by atoms with E-state index >= 15 is 0 Å². The number of rotatable bonds is 5. The van der Waals surface area contributed by atoms with Crippen LogP contribution in [0, 0.1) is 11.8 Å². The van der Waals surface area contributed by atoms with E-state index in [1.807, 2.05) is 32.6 Å². The van der Waals surface area contributed by atoms with Gasteiger partial charge in [-0.3, -0.25) is 9.59 Å². The minimum absolute atomic E-state index is 0.0196. The number of nitrogens with one attached hydrogen (secondary N) is 1. The maximum absolute atomic E-state index is 12.9. The molecule has 1 N–H and O–H groups in total. The lowest BCUT2D eigenvalue weighted by molar-refractivity contribution is -0.159. The molecular formula is C16H28N2O3. The fourth-order valence-electron chi connectivity index (χ4n) is 3.14. The highest BCUT2D eigenvalue weighted by Gasteiger charge is 2.49. The zero-order valence-electron chi connectivity index (χ0n) is 13.6. The Morgan fingerprint density at radius 3 is 2.67 bits per heavy atom. The standard InChI is InChI=1S/C16H28N2O3/c1-5-11(3)13-14(19)18(9-12-7-8-21-10-12)16(4,6-2)15(20)17-13/h11-13H,5-10H2,1-4H3,(H,17,20). The summed E-state index contributed by atoms with van der Waals surface area (Å²) in [6.07, 6.45) is 2.48. The van der Waals surface area contributed by atoms with Crippen molar-refractivity contribution in [1.29, 1.82) is 0 Å². The number of carbonyl (C=O) groups excluding carboxylic acids is 2. The molecule has 21 heavy (non-hydrogen) atoms. The molecule has 0 aromatic carbocycles. The maximum atomic E-state index is 12.9. The van der Waals surface area contributed by atoms with E-state index in [-0.39, 0.29) is 23.8 Å². The molecule has 2 aliphatic rings. The van der Waals surface area contributed by atoms with Crippen LogP contribution in [0.15, 0.2) is 0 Å². The number of nitrogens with zero attached hydrogens (tertiary/aromatic N) is 1. The first-order valence-corrected chi connectivity index (χ1v) is 8.14. The Bertz CT molecular complexity index is 406. The fraction of sp³-hybridized carbons (Fsp3) is 0.875. The SMILES string of the molecule is CCC(C)C1NC(=O)C(C)(CC)N(CC2CCOC2)C1=O. The molecule has 0 aromatic heterocycles. The van der Waals surface area contributed by atoms with E-state index < -0.39 is 5.54 Å². The van der Waals surface area contributed by atoms with Crippen molar-refractivity contribution in [3.63, 3.8) is 0 Å². The zero-order chi connectivity index (χ0) is 15.6. The summed E-state index contributed by atoms with van der Waals surface area (Å²) in [4.78, 5) is 27.3. The first-order valence-electron chi connectivity index (χ1n) is 8.14. The first kappa shape index (κ1) is 16.3. The van der Waals surface area contributed by atoms with Gasteiger partial charge in [-0.1, -0.05) is 27.2 Å². The minimum Gasteiger partial charge on any atom is -0.381 e. The number of hydrogen-bond donors (Lipinski definition) is 1. The Balaban J connectivity index is 2.23. The van der Waals surface area contributed by atoms with E-state index in [9.17, 15) is 9.59 Å². The van der Waals surface area contributed by atoms with Crippen molar-refractivity contribution in [3.05, 3.63) is 0 Å². The highest BCUT2D eigenvalue weighted by Crippen LogP contribution is 2.30. The van der Waals surface area contributed by atoms with Gasteiger partial charge in [0.15, 0.2) is 0 Å². The monoisotopic (exact) mass is 296 g/mol. The summed E-state index contributed by atoms with van der Waals surface area (Å²) < 4.78 is 5.42. The van der Waals surface area contributed by atoms with Gasteiger partial charge in [-0.15, -0.1) is 0 Å². The van der Waals surface area contributed by atoms with Gasteiger partial charge in [-0.25, -0.2) is 0 Å². The summed E-state index contributed by atoms with van der Waals surface area (Å²) in [5, 5.41) is 2.95. The van der Waals surface area contributed by atoms with Crippen LogP contribution in [0.5, 0.6) is 0 Å². The number of ether oxygens (including phenoxy) is 1. The van der Waals surface area contributed by atoms with E-state index in [0.717, 1.165) is 19.4 Å². The molecule has 2 heterocycles. The molecule has 2 fully saturated rings. The molecule has 5 nitrogen and oxygen atoms in total. The van der Waals surface area contributed by atoms with Crippen molar-refractivity contribution >= 4 is 11.8 Å². The maximum Gasteiger partial charge on any atom is 0.246 e. The van der Waals surface area contributed by atoms with Gasteiger partial charge in [0, 0.05) is 19.1 Å². The molecule has 2 rings (SSSR count). The summed E-state index contributed by atoms with van der Waals surface area (Å²) in [7, 11) is 0. The molecule has 120 valence electrons. The van der Waals surface area contributed by atoms with Crippen LogP contribution in [-0.4, -0.2) is 48.1 Å². The summed E-state index contributed by atoms with van der Waals surface area (Å²) in [6.45, 7) is 10.00. The van der Waals surface area contributed by atoms with E-state index in [1.165, 1.54) is 0 Å². The first-order chi connectivity index (χ1) is 9.93. The van der Waals surface area contributed by atoms with Crippen LogP contribution in [0.1, 0.15) is 47.0 Å². The van der Waals surface area contributed by atoms with Crippen LogP contribution < -0.4 is 5.32 Å². The molecule has 0 saturated carbocycles. The molecular weight excluding hydrogens is 268 g/mol. The summed E-state index contributed by atoms with van der Waals surface area (Å²) >= 11 is 0. The third-order valence-electron chi connectivity index (χ3n) is 5.27. The zero-order valence-corrected chi connectivity index (χ0v) is 13.6. The fourth-order valence-corrected chi connectivity index (χ4v) is 3.14. The molecule has 0 bridgehead atoms. The van der Waals surface area contributed by atoms with Gasteiger partial charge in [0.2, 0.25) is 11.8 Å². The quantitative estimate of drug-likeness (QED) is 0.837. The molecule has 0 aromatic rings. The lowest BCUT2D eigenvalue weighted by Crippen LogP contribution is -2.71. The molecule has 0 radical (unpaired) electrons. The molecule has 0 aliphatic carbocycles. The van der Waals surface area contributed by atoms with E-state index in [4.69, 9.17) is 4.74 Å². The highest BCUT2D eigenvalue weighted by molar-refractivity contribution is 5.99. The molecule has 2 saturated heterocycles. The largest absolute Gasteiger partial charge is 0.381 e. The van der Waals surface area contributed by atoms with Crippen molar-refractivity contribution in [1.82, 2.24) is 10.2 Å². The Morgan fingerprint density at radius 1 is 1.43 bits per heavy atom. The van der Waals surface area contributed by atoms with Gasteiger partial charge < -0.3 is 15.0 Å². The number of piperazine rings is 1. The van der Waals surface area contributed by atoms with Gasteiger partial charge in [-0.05, 0) is 25.7 Å². The second-order valence-corrected chi connectivity index (χ2v) is 6.64. The molecule has 4 atom stereocenters. The molecule has 5 heteroatoms. The summed E-state index contributed by atoms with van der Waals surface area (Å²) in [6, 6.07) is -0.385. The van der Waals surface area contributed by atoms with Crippen molar-refractivity contribution < 1.29 is 14.3 Å². The van der Waals surface area contributed by atoms with Crippen LogP contribution in [0.2, 0.25) is 0 Å². The van der Waals surface area contributed by atoms with Crippen molar-refractivity contribution in [2.24, 2.45) is 11.8 Å². The second-order valence-electron chi connectivity index (χ2n) is 6.64. The van der Waals surface area contributed by atoms with Crippen LogP contribution in [0.4, 0.5) is 0 Å². The van der Waals surface area contributed by atoms with Gasteiger partial charge in [0.05, 0.1) is 6.61 Å². The van der Waals surface area contributed by atoms with Crippen molar-refractivity contribution in [2.75, 3.05) is 19.8 Å². The lowest BCUT2D eigenvalue weighted by Gasteiger charge is -2.48. The third kappa shape index (κ3) is 2.93. The average Bonchev–Trinajstić information content (AvgIpc) is 2.99. The Hall–Kier alpha value is -1.10. The minimum atomic E-state index is -0.733. The van der Waals surface area contributed by atoms with Gasteiger partial charge in [-0.2, -0.15) is 0 Å². The Morgan fingerprint density at radius 2 is 2.14 bits per heavy atom. The van der Waals surface area contributed by atoms with Crippen LogP contribution in [0.3, 0.4) is 0 Å². The number of hydrogen-bond acceptors (Lipinski definition) is 3. The van der Waals surface area contributed by atoms with E-state index in [0.29, 0.717) is 25.5 Å². The highest BCUT2D eigenvalue weighted by atomic mass is 16.5. The van der Waals surface area contributed by atoms with Crippen LogP contribution in [-0.2, 0) is 14.3 Å². The Labute approximate surface area is 127 Å². The van der Waals surface area contributed by atoms with Crippen molar-refractivity contribution in [3.8, 4) is 0 Å². The lowest BCUT2D eigenvalue weighted by atomic mass is 9.85. The molecule has 4 unspecified atom stereocenters. The van der Waals surface area contributed by atoms with Crippen LogP contribution >= 0.6 is 0 Å².